The van der Waals surface area contributed by atoms with E-state index >= 15 is 0 Å². The third-order valence-electron chi connectivity index (χ3n) is 2.27. The van der Waals surface area contributed by atoms with E-state index in [2.05, 4.69) is 12.1 Å². The van der Waals surface area contributed by atoms with E-state index in [0.29, 0.717) is 26.4 Å². The van der Waals surface area contributed by atoms with E-state index in [1.807, 2.05) is 30.4 Å². The molecule has 1 unspecified atom stereocenters. The predicted molar refractivity (Wildman–Crippen MR) is 62.0 cm³/mol. The molecule has 1 heterocycles. The van der Waals surface area contributed by atoms with Crippen LogP contribution in [0.25, 0.3) is 6.08 Å². The Balaban J connectivity index is 1.69. The van der Waals surface area contributed by atoms with Gasteiger partial charge in [0.05, 0.1) is 26.4 Å². The molecule has 0 radical (unpaired) electrons. The zero-order chi connectivity index (χ0) is 11.1. The van der Waals surface area contributed by atoms with E-state index in [9.17, 15) is 0 Å². The van der Waals surface area contributed by atoms with Crippen LogP contribution in [-0.4, -0.2) is 32.7 Å². The normalized spacial score (nSPS) is 21.4. The fourth-order valence-electron chi connectivity index (χ4n) is 1.47. The number of benzene rings is 1. The highest BCUT2D eigenvalue weighted by molar-refractivity contribution is 5.48. The highest BCUT2D eigenvalue weighted by Crippen LogP contribution is 2.04. The van der Waals surface area contributed by atoms with Crippen LogP contribution in [0.4, 0.5) is 0 Å². The monoisotopic (exact) mass is 220 g/mol. The first kappa shape index (κ1) is 11.3. The van der Waals surface area contributed by atoms with E-state index in [0.717, 1.165) is 0 Å². The van der Waals surface area contributed by atoms with Crippen LogP contribution >= 0.6 is 0 Å². The van der Waals surface area contributed by atoms with Crippen molar-refractivity contribution in [2.24, 2.45) is 0 Å². The summed E-state index contributed by atoms with van der Waals surface area (Å²) >= 11 is 0. The van der Waals surface area contributed by atoms with Crippen LogP contribution < -0.4 is 0 Å². The van der Waals surface area contributed by atoms with Crippen molar-refractivity contribution in [2.75, 3.05) is 26.4 Å². The molecule has 2 rings (SSSR count). The first-order chi connectivity index (χ1) is 7.95. The van der Waals surface area contributed by atoms with E-state index in [-0.39, 0.29) is 6.29 Å². The van der Waals surface area contributed by atoms with E-state index in [4.69, 9.17) is 14.2 Å². The average molecular weight is 220 g/mol. The quantitative estimate of drug-likeness (QED) is 0.777. The number of hydrogen-bond acceptors (Lipinski definition) is 3. The van der Waals surface area contributed by atoms with Gasteiger partial charge in [-0.2, -0.15) is 0 Å². The largest absolute Gasteiger partial charge is 0.374 e. The van der Waals surface area contributed by atoms with Gasteiger partial charge in [-0.05, 0) is 5.56 Å². The van der Waals surface area contributed by atoms with Crippen LogP contribution in [0.15, 0.2) is 36.4 Å². The van der Waals surface area contributed by atoms with Gasteiger partial charge in [0.15, 0.2) is 6.29 Å². The Hall–Kier alpha value is -1.16. The van der Waals surface area contributed by atoms with Gasteiger partial charge < -0.3 is 14.2 Å². The Bertz CT molecular complexity index is 315. The summed E-state index contributed by atoms with van der Waals surface area (Å²) in [5, 5.41) is 0. The van der Waals surface area contributed by atoms with E-state index < -0.39 is 0 Å². The summed E-state index contributed by atoms with van der Waals surface area (Å²) in [6, 6.07) is 10.1. The maximum Gasteiger partial charge on any atom is 0.181 e. The van der Waals surface area contributed by atoms with Gasteiger partial charge in [-0.3, -0.25) is 0 Å². The third kappa shape index (κ3) is 3.77. The molecule has 0 N–H and O–H groups in total. The molecule has 0 spiro atoms. The molecule has 3 nitrogen and oxygen atoms in total. The fourth-order valence-corrected chi connectivity index (χ4v) is 1.47. The van der Waals surface area contributed by atoms with Crippen LogP contribution in [-0.2, 0) is 14.2 Å². The number of ether oxygens (including phenoxy) is 3. The highest BCUT2D eigenvalue weighted by Gasteiger charge is 2.12. The molecule has 1 atom stereocenters. The second-order valence-corrected chi connectivity index (χ2v) is 3.52. The van der Waals surface area contributed by atoms with Crippen molar-refractivity contribution in [2.45, 2.75) is 6.29 Å². The van der Waals surface area contributed by atoms with Gasteiger partial charge in [0.25, 0.3) is 0 Å². The molecule has 16 heavy (non-hydrogen) atoms. The molecule has 0 saturated carbocycles. The molecule has 3 heteroatoms. The summed E-state index contributed by atoms with van der Waals surface area (Å²) in [5.74, 6) is 0. The molecule has 0 aliphatic carbocycles. The second kappa shape index (κ2) is 6.43. The minimum atomic E-state index is -0.214. The molecule has 1 aromatic carbocycles. The van der Waals surface area contributed by atoms with Crippen molar-refractivity contribution in [1.82, 2.24) is 0 Å². The van der Waals surface area contributed by atoms with Gasteiger partial charge in [0.1, 0.15) is 0 Å². The van der Waals surface area contributed by atoms with Crippen molar-refractivity contribution in [1.29, 1.82) is 0 Å². The first-order valence-electron chi connectivity index (χ1n) is 5.48. The van der Waals surface area contributed by atoms with Crippen LogP contribution in [0.5, 0.6) is 0 Å². The summed E-state index contributed by atoms with van der Waals surface area (Å²) in [7, 11) is 0. The lowest BCUT2D eigenvalue weighted by molar-refractivity contribution is -0.206. The minimum Gasteiger partial charge on any atom is -0.374 e. The molecule has 86 valence electrons. The molecule has 1 aliphatic heterocycles. The molecule has 0 amide bonds. The first-order valence-corrected chi connectivity index (χ1v) is 5.48. The summed E-state index contributed by atoms with van der Waals surface area (Å²) < 4.78 is 16.0. The molecule has 0 bridgehead atoms. The summed E-state index contributed by atoms with van der Waals surface area (Å²) in [5.41, 5.74) is 1.17. The van der Waals surface area contributed by atoms with Gasteiger partial charge in [0, 0.05) is 0 Å². The van der Waals surface area contributed by atoms with Crippen molar-refractivity contribution in [3.05, 3.63) is 42.0 Å². The molecular formula is C13H16O3. The Morgan fingerprint density at radius 2 is 2.12 bits per heavy atom. The minimum absolute atomic E-state index is 0.214. The van der Waals surface area contributed by atoms with Gasteiger partial charge in [-0.1, -0.05) is 42.5 Å². The molecular weight excluding hydrogens is 204 g/mol. The number of hydrogen-bond donors (Lipinski definition) is 0. The SMILES string of the molecule is C(=C\c1ccccc1)/COC1COCCO1. The lowest BCUT2D eigenvalue weighted by Crippen LogP contribution is -2.30. The van der Waals surface area contributed by atoms with Gasteiger partial charge in [-0.15, -0.1) is 0 Å². The van der Waals surface area contributed by atoms with Crippen molar-refractivity contribution < 1.29 is 14.2 Å². The van der Waals surface area contributed by atoms with Crippen LogP contribution in [0.3, 0.4) is 0 Å². The Labute approximate surface area is 95.6 Å². The smallest absolute Gasteiger partial charge is 0.181 e. The van der Waals surface area contributed by atoms with Crippen LogP contribution in [0, 0.1) is 0 Å². The lowest BCUT2D eigenvalue weighted by atomic mass is 10.2. The van der Waals surface area contributed by atoms with E-state index in [1.165, 1.54) is 5.56 Å². The maximum absolute atomic E-state index is 5.47. The topological polar surface area (TPSA) is 27.7 Å². The van der Waals surface area contributed by atoms with Gasteiger partial charge in [0.2, 0.25) is 0 Å². The molecule has 1 saturated heterocycles. The standard InChI is InChI=1S/C13H16O3/c1-2-5-12(6-3-1)7-4-8-15-13-11-14-9-10-16-13/h1-7,13H,8-11H2/b7-4+. The zero-order valence-electron chi connectivity index (χ0n) is 9.17. The fraction of sp³-hybridized carbons (Fsp3) is 0.385. The Kier molecular flexibility index (Phi) is 4.55. The Morgan fingerprint density at radius 3 is 2.88 bits per heavy atom. The molecule has 1 aliphatic rings. The average Bonchev–Trinajstić information content (AvgIpc) is 2.37. The third-order valence-corrected chi connectivity index (χ3v) is 2.27. The van der Waals surface area contributed by atoms with Gasteiger partial charge in [-0.25, -0.2) is 0 Å². The predicted octanol–water partition coefficient (Wildman–Crippen LogP) is 2.09. The Morgan fingerprint density at radius 1 is 1.25 bits per heavy atom. The maximum atomic E-state index is 5.47. The molecule has 1 fully saturated rings. The van der Waals surface area contributed by atoms with E-state index in [1.54, 1.807) is 0 Å². The molecule has 1 aromatic rings. The zero-order valence-corrected chi connectivity index (χ0v) is 9.17. The highest BCUT2D eigenvalue weighted by atomic mass is 16.7. The summed E-state index contributed by atoms with van der Waals surface area (Å²) in [6.45, 7) is 2.36. The van der Waals surface area contributed by atoms with Crippen molar-refractivity contribution in [3.8, 4) is 0 Å². The summed E-state index contributed by atoms with van der Waals surface area (Å²) in [6.07, 6.45) is 3.80. The van der Waals surface area contributed by atoms with Crippen molar-refractivity contribution >= 4 is 6.08 Å². The molecule has 0 aromatic heterocycles. The van der Waals surface area contributed by atoms with Gasteiger partial charge >= 0.3 is 0 Å². The van der Waals surface area contributed by atoms with Crippen molar-refractivity contribution in [3.63, 3.8) is 0 Å². The summed E-state index contributed by atoms with van der Waals surface area (Å²) in [4.78, 5) is 0. The lowest BCUT2D eigenvalue weighted by Gasteiger charge is -2.22. The number of rotatable bonds is 4. The second-order valence-electron chi connectivity index (χ2n) is 3.52. The van der Waals surface area contributed by atoms with Crippen LogP contribution in [0.2, 0.25) is 0 Å². The van der Waals surface area contributed by atoms with Crippen LogP contribution in [0.1, 0.15) is 5.56 Å².